The van der Waals surface area contributed by atoms with Gasteiger partial charge in [0.25, 0.3) is 6.10 Å². The SMILES string of the molecule is CCOC(=O)C(OC(=O)C1CCC(O[Si](C)(C)C(C)(C)C)CC1)C(=O)c1ccc(Br)cc1. The van der Waals surface area contributed by atoms with E-state index < -0.39 is 32.1 Å². The van der Waals surface area contributed by atoms with Gasteiger partial charge in [-0.1, -0.05) is 48.8 Å². The van der Waals surface area contributed by atoms with Crippen molar-refractivity contribution in [2.45, 2.75) is 83.7 Å². The van der Waals surface area contributed by atoms with Crippen LogP contribution < -0.4 is 0 Å². The van der Waals surface area contributed by atoms with Crippen molar-refractivity contribution in [1.29, 1.82) is 0 Å². The van der Waals surface area contributed by atoms with Gasteiger partial charge in [-0.15, -0.1) is 0 Å². The van der Waals surface area contributed by atoms with Gasteiger partial charge in [0.05, 0.1) is 12.5 Å². The number of hydrogen-bond acceptors (Lipinski definition) is 6. The van der Waals surface area contributed by atoms with Crippen LogP contribution in [0.25, 0.3) is 0 Å². The van der Waals surface area contributed by atoms with E-state index in [4.69, 9.17) is 13.9 Å². The third-order valence-corrected chi connectivity index (χ3v) is 11.4. The number of ether oxygens (including phenoxy) is 2. The van der Waals surface area contributed by atoms with Gasteiger partial charge in [0.15, 0.2) is 8.32 Å². The lowest BCUT2D eigenvalue weighted by Crippen LogP contribution is -2.45. The Morgan fingerprint density at radius 1 is 1.06 bits per heavy atom. The number of benzene rings is 1. The van der Waals surface area contributed by atoms with Gasteiger partial charge in [-0.2, -0.15) is 0 Å². The average Bonchev–Trinajstić information content (AvgIpc) is 2.71. The van der Waals surface area contributed by atoms with Crippen molar-refractivity contribution >= 4 is 42.0 Å². The summed E-state index contributed by atoms with van der Waals surface area (Å²) in [6.07, 6.45) is 1.28. The van der Waals surface area contributed by atoms with Gasteiger partial charge in [0.1, 0.15) is 0 Å². The molecule has 1 unspecified atom stereocenters. The zero-order valence-electron chi connectivity index (χ0n) is 19.9. The van der Waals surface area contributed by atoms with Crippen LogP contribution >= 0.6 is 15.9 Å². The third kappa shape index (κ3) is 6.99. The van der Waals surface area contributed by atoms with E-state index in [1.165, 1.54) is 0 Å². The van der Waals surface area contributed by atoms with E-state index in [-0.39, 0.29) is 29.2 Å². The molecule has 1 aromatic rings. The Morgan fingerprint density at radius 3 is 2.12 bits per heavy atom. The fourth-order valence-corrected chi connectivity index (χ4v) is 5.10. The fourth-order valence-electron chi connectivity index (χ4n) is 3.41. The molecule has 0 heterocycles. The fraction of sp³-hybridized carbons (Fsp3) is 0.625. The molecule has 1 aromatic carbocycles. The summed E-state index contributed by atoms with van der Waals surface area (Å²) in [4.78, 5) is 38.1. The van der Waals surface area contributed by atoms with Crippen LogP contribution in [0.5, 0.6) is 0 Å². The summed E-state index contributed by atoms with van der Waals surface area (Å²) >= 11 is 3.32. The second-order valence-electron chi connectivity index (χ2n) is 9.79. The number of carbonyl (C=O) groups is 3. The zero-order chi connectivity index (χ0) is 24.1. The first-order chi connectivity index (χ1) is 14.9. The van der Waals surface area contributed by atoms with Crippen molar-refractivity contribution in [2.75, 3.05) is 6.61 Å². The highest BCUT2D eigenvalue weighted by Crippen LogP contribution is 2.39. The Labute approximate surface area is 200 Å². The molecule has 0 radical (unpaired) electrons. The van der Waals surface area contributed by atoms with Gasteiger partial charge >= 0.3 is 11.9 Å². The second kappa shape index (κ2) is 11.1. The maximum atomic E-state index is 12.9. The Morgan fingerprint density at radius 2 is 1.62 bits per heavy atom. The van der Waals surface area contributed by atoms with Crippen LogP contribution in [0, 0.1) is 5.92 Å². The quantitative estimate of drug-likeness (QED) is 0.187. The summed E-state index contributed by atoms with van der Waals surface area (Å²) in [6.45, 7) is 12.8. The molecule has 0 aliphatic heterocycles. The largest absolute Gasteiger partial charge is 0.463 e. The predicted octanol–water partition coefficient (Wildman–Crippen LogP) is 5.69. The molecule has 178 valence electrons. The molecule has 0 aromatic heterocycles. The number of esters is 2. The Hall–Kier alpha value is -1.51. The molecule has 1 fully saturated rings. The van der Waals surface area contributed by atoms with Crippen molar-refractivity contribution in [1.82, 2.24) is 0 Å². The molecule has 1 atom stereocenters. The molecule has 1 aliphatic carbocycles. The van der Waals surface area contributed by atoms with E-state index in [0.29, 0.717) is 12.8 Å². The summed E-state index contributed by atoms with van der Waals surface area (Å²) < 4.78 is 17.7. The van der Waals surface area contributed by atoms with Gasteiger partial charge in [0, 0.05) is 16.1 Å². The third-order valence-electron chi connectivity index (χ3n) is 6.38. The molecular formula is C24H35BrO6Si. The Balaban J connectivity index is 2.02. The molecule has 2 rings (SSSR count). The first-order valence-corrected chi connectivity index (χ1v) is 14.9. The number of Topliss-reactive ketones (excluding diaryl/α,β-unsaturated/α-hetero) is 1. The molecule has 8 heteroatoms. The molecular weight excluding hydrogens is 492 g/mol. The minimum absolute atomic E-state index is 0.0937. The smallest absolute Gasteiger partial charge is 0.355 e. The molecule has 0 N–H and O–H groups in total. The molecule has 0 saturated heterocycles. The Bertz CT molecular complexity index is 807. The predicted molar refractivity (Wildman–Crippen MR) is 129 cm³/mol. The van der Waals surface area contributed by atoms with Crippen LogP contribution in [0.2, 0.25) is 18.1 Å². The van der Waals surface area contributed by atoms with Crippen molar-refractivity contribution < 1.29 is 28.3 Å². The lowest BCUT2D eigenvalue weighted by atomic mass is 9.87. The van der Waals surface area contributed by atoms with Crippen LogP contribution in [0.4, 0.5) is 0 Å². The number of halogens is 1. The molecule has 1 aliphatic rings. The molecule has 6 nitrogen and oxygen atoms in total. The van der Waals surface area contributed by atoms with Gasteiger partial charge in [-0.05, 0) is 62.9 Å². The van der Waals surface area contributed by atoms with Crippen molar-refractivity contribution in [3.8, 4) is 0 Å². The normalized spacial score (nSPS) is 20.3. The van der Waals surface area contributed by atoms with E-state index in [9.17, 15) is 14.4 Å². The van der Waals surface area contributed by atoms with Gasteiger partial charge in [-0.25, -0.2) is 4.79 Å². The monoisotopic (exact) mass is 526 g/mol. The minimum atomic E-state index is -1.87. The van der Waals surface area contributed by atoms with E-state index in [0.717, 1.165) is 17.3 Å². The van der Waals surface area contributed by atoms with Gasteiger partial charge in [0.2, 0.25) is 5.78 Å². The average molecular weight is 528 g/mol. The standard InChI is InChI=1S/C24H35BrO6Si/c1-7-29-23(28)21(20(26)16-8-12-18(25)13-9-16)30-22(27)17-10-14-19(15-11-17)31-32(5,6)24(2,3)4/h8-9,12-13,17,19,21H,7,10-11,14-15H2,1-6H3. The number of ketones is 1. The molecule has 0 spiro atoms. The molecule has 0 amide bonds. The maximum Gasteiger partial charge on any atom is 0.355 e. The van der Waals surface area contributed by atoms with Crippen LogP contribution in [0.15, 0.2) is 28.7 Å². The molecule has 0 bridgehead atoms. The lowest BCUT2D eigenvalue weighted by molar-refractivity contribution is -0.167. The topological polar surface area (TPSA) is 78.9 Å². The maximum absolute atomic E-state index is 12.9. The van der Waals surface area contributed by atoms with Crippen molar-refractivity contribution in [3.05, 3.63) is 34.3 Å². The van der Waals surface area contributed by atoms with E-state index in [1.54, 1.807) is 31.2 Å². The van der Waals surface area contributed by atoms with Crippen LogP contribution in [-0.2, 0) is 23.5 Å². The van der Waals surface area contributed by atoms with Crippen LogP contribution in [0.3, 0.4) is 0 Å². The van der Waals surface area contributed by atoms with Gasteiger partial charge in [-0.3, -0.25) is 9.59 Å². The van der Waals surface area contributed by atoms with Crippen molar-refractivity contribution in [3.63, 3.8) is 0 Å². The lowest BCUT2D eigenvalue weighted by Gasteiger charge is -2.41. The highest BCUT2D eigenvalue weighted by molar-refractivity contribution is 9.10. The summed E-state index contributed by atoms with van der Waals surface area (Å²) in [7, 11) is -1.87. The van der Waals surface area contributed by atoms with E-state index in [1.807, 2.05) is 0 Å². The number of carbonyl (C=O) groups excluding carboxylic acids is 3. The minimum Gasteiger partial charge on any atom is -0.463 e. The van der Waals surface area contributed by atoms with Crippen LogP contribution in [0.1, 0.15) is 63.7 Å². The first-order valence-electron chi connectivity index (χ1n) is 11.2. The van der Waals surface area contributed by atoms with Crippen LogP contribution in [-0.4, -0.2) is 44.9 Å². The highest BCUT2D eigenvalue weighted by Gasteiger charge is 2.41. The molecule has 1 saturated carbocycles. The summed E-state index contributed by atoms with van der Waals surface area (Å²) in [5, 5.41) is 0.128. The summed E-state index contributed by atoms with van der Waals surface area (Å²) in [6, 6.07) is 6.55. The summed E-state index contributed by atoms with van der Waals surface area (Å²) in [5.41, 5.74) is 0.283. The number of hydrogen-bond donors (Lipinski definition) is 0. The first kappa shape index (κ1) is 26.7. The van der Waals surface area contributed by atoms with E-state index in [2.05, 4.69) is 49.8 Å². The second-order valence-corrected chi connectivity index (χ2v) is 15.5. The number of rotatable bonds is 8. The zero-order valence-corrected chi connectivity index (χ0v) is 22.5. The summed E-state index contributed by atoms with van der Waals surface area (Å²) in [5.74, 6) is -2.31. The molecule has 32 heavy (non-hydrogen) atoms. The van der Waals surface area contributed by atoms with Crippen molar-refractivity contribution in [2.24, 2.45) is 5.92 Å². The van der Waals surface area contributed by atoms with E-state index >= 15 is 0 Å². The van der Waals surface area contributed by atoms with Gasteiger partial charge < -0.3 is 13.9 Å². The Kier molecular flexibility index (Phi) is 9.25. The highest BCUT2D eigenvalue weighted by atomic mass is 79.9.